The molecule has 0 radical (unpaired) electrons. The highest BCUT2D eigenvalue weighted by Crippen LogP contribution is 2.26. The quantitative estimate of drug-likeness (QED) is 0.327. The summed E-state index contributed by atoms with van der Waals surface area (Å²) in [5.74, 6) is 1.41. The smallest absolute Gasteiger partial charge is 0.225 e. The van der Waals surface area contributed by atoms with E-state index in [1.54, 1.807) is 6.20 Å². The lowest BCUT2D eigenvalue weighted by Crippen LogP contribution is -2.45. The summed E-state index contributed by atoms with van der Waals surface area (Å²) in [5.41, 5.74) is 2.22. The van der Waals surface area contributed by atoms with E-state index in [4.69, 9.17) is 4.99 Å². The number of hydrogen-bond acceptors (Lipinski definition) is 3. The summed E-state index contributed by atoms with van der Waals surface area (Å²) in [5, 5.41) is 6.91. The molecule has 0 spiro atoms. The lowest BCUT2D eigenvalue weighted by molar-refractivity contribution is -0.135. The highest BCUT2D eigenvalue weighted by molar-refractivity contribution is 14.0. The van der Waals surface area contributed by atoms with Crippen molar-refractivity contribution in [2.75, 3.05) is 19.6 Å². The summed E-state index contributed by atoms with van der Waals surface area (Å²) < 4.78 is 2.01. The highest BCUT2D eigenvalue weighted by Gasteiger charge is 2.31. The van der Waals surface area contributed by atoms with Crippen LogP contribution in [0, 0.1) is 5.92 Å². The molecule has 2 N–H and O–H groups in total. The number of para-hydroxylation sites is 1. The summed E-state index contributed by atoms with van der Waals surface area (Å²) >= 11 is 0. The van der Waals surface area contributed by atoms with Crippen LogP contribution < -0.4 is 10.6 Å². The van der Waals surface area contributed by atoms with E-state index in [9.17, 15) is 4.79 Å². The average Bonchev–Trinajstić information content (AvgIpc) is 3.50. The van der Waals surface area contributed by atoms with Gasteiger partial charge in [0.1, 0.15) is 0 Å². The standard InChI is InChI=1S/C24H34N6O.HI/c1-2-26-24(27-16-20-10-6-7-11-22(20)30-15-13-25-18-30)28-21-12-14-29(17-21)23(31)19-8-4-3-5-9-19;/h6-7,10-11,13,15,18-19,21H,2-5,8-9,12,14,16-17H2,1H3,(H2,26,27,28);1H. The minimum Gasteiger partial charge on any atom is -0.357 e. The zero-order valence-corrected chi connectivity index (χ0v) is 21.2. The van der Waals surface area contributed by atoms with E-state index in [0.717, 1.165) is 56.1 Å². The molecule has 1 aromatic carbocycles. The number of aromatic nitrogens is 2. The average molecular weight is 550 g/mol. The van der Waals surface area contributed by atoms with Crippen molar-refractivity contribution in [3.05, 3.63) is 48.5 Å². The van der Waals surface area contributed by atoms with Crippen LogP contribution >= 0.6 is 24.0 Å². The Balaban J connectivity index is 0.00000289. The topological polar surface area (TPSA) is 74.6 Å². The molecular formula is C24H35IN6O. The zero-order chi connectivity index (χ0) is 21.5. The molecule has 1 atom stereocenters. The number of hydrogen-bond donors (Lipinski definition) is 2. The lowest BCUT2D eigenvalue weighted by atomic mass is 9.88. The SMILES string of the molecule is CCNC(=NCc1ccccc1-n1ccnc1)NC1CCN(C(=O)C2CCCCC2)C1.I. The monoisotopic (exact) mass is 550 g/mol. The third-order valence-corrected chi connectivity index (χ3v) is 6.32. The van der Waals surface area contributed by atoms with Crippen molar-refractivity contribution in [3.63, 3.8) is 0 Å². The Kier molecular flexibility index (Phi) is 9.37. The number of nitrogens with one attached hydrogen (secondary N) is 2. The van der Waals surface area contributed by atoms with Crippen LogP contribution in [0.2, 0.25) is 0 Å². The van der Waals surface area contributed by atoms with Gasteiger partial charge in [-0.2, -0.15) is 0 Å². The number of guanidine groups is 1. The van der Waals surface area contributed by atoms with Crippen LogP contribution in [0.3, 0.4) is 0 Å². The predicted octanol–water partition coefficient (Wildman–Crippen LogP) is 3.73. The molecule has 32 heavy (non-hydrogen) atoms. The third-order valence-electron chi connectivity index (χ3n) is 6.32. The van der Waals surface area contributed by atoms with E-state index in [2.05, 4.69) is 39.6 Å². The van der Waals surface area contributed by atoms with Crippen molar-refractivity contribution in [1.29, 1.82) is 0 Å². The van der Waals surface area contributed by atoms with Crippen molar-refractivity contribution in [2.24, 2.45) is 10.9 Å². The fourth-order valence-corrected chi connectivity index (χ4v) is 4.66. The maximum Gasteiger partial charge on any atom is 0.225 e. The van der Waals surface area contributed by atoms with Crippen LogP contribution in [0.15, 0.2) is 48.0 Å². The summed E-state index contributed by atoms with van der Waals surface area (Å²) in [6, 6.07) is 8.50. The Morgan fingerprint density at radius 1 is 1.19 bits per heavy atom. The first-order chi connectivity index (χ1) is 15.2. The molecule has 4 rings (SSSR count). The number of carbonyl (C=O) groups excluding carboxylic acids is 1. The van der Waals surface area contributed by atoms with Gasteiger partial charge in [-0.05, 0) is 37.8 Å². The molecule has 2 aromatic rings. The zero-order valence-electron chi connectivity index (χ0n) is 18.9. The Morgan fingerprint density at radius 2 is 2.00 bits per heavy atom. The van der Waals surface area contributed by atoms with E-state index in [1.165, 1.54) is 19.3 Å². The van der Waals surface area contributed by atoms with Crippen LogP contribution in [0.25, 0.3) is 5.69 Å². The van der Waals surface area contributed by atoms with E-state index >= 15 is 0 Å². The molecule has 174 valence electrons. The van der Waals surface area contributed by atoms with Crippen molar-refractivity contribution in [2.45, 2.75) is 58.0 Å². The van der Waals surface area contributed by atoms with Crippen LogP contribution in [-0.4, -0.2) is 52.0 Å². The molecule has 1 aliphatic heterocycles. The molecule has 1 aromatic heterocycles. The lowest BCUT2D eigenvalue weighted by Gasteiger charge is -2.26. The molecular weight excluding hydrogens is 515 g/mol. The van der Waals surface area contributed by atoms with Crippen molar-refractivity contribution < 1.29 is 4.79 Å². The number of carbonyl (C=O) groups is 1. The Hall–Kier alpha value is -2.10. The fourth-order valence-electron chi connectivity index (χ4n) is 4.66. The van der Waals surface area contributed by atoms with Gasteiger partial charge < -0.3 is 20.1 Å². The third kappa shape index (κ3) is 6.24. The van der Waals surface area contributed by atoms with Gasteiger partial charge in [0.15, 0.2) is 5.96 Å². The maximum absolute atomic E-state index is 12.9. The molecule has 7 nitrogen and oxygen atoms in total. The molecule has 2 heterocycles. The number of aliphatic imine (C=N–C) groups is 1. The number of likely N-dealkylation sites (tertiary alicyclic amines) is 1. The van der Waals surface area contributed by atoms with Crippen LogP contribution in [0.5, 0.6) is 0 Å². The van der Waals surface area contributed by atoms with Crippen molar-refractivity contribution in [3.8, 4) is 5.69 Å². The summed E-state index contributed by atoms with van der Waals surface area (Å²) in [6.45, 7) is 5.05. The Labute approximate surface area is 208 Å². The first-order valence-corrected chi connectivity index (χ1v) is 11.6. The predicted molar refractivity (Wildman–Crippen MR) is 138 cm³/mol. The van der Waals surface area contributed by atoms with Crippen LogP contribution in [0.4, 0.5) is 0 Å². The van der Waals surface area contributed by atoms with E-state index in [-0.39, 0.29) is 35.9 Å². The normalized spacial score (nSPS) is 19.5. The number of halogens is 1. The summed E-state index contributed by atoms with van der Waals surface area (Å²) in [4.78, 5) is 23.9. The second-order valence-corrected chi connectivity index (χ2v) is 8.54. The van der Waals surface area contributed by atoms with Gasteiger partial charge >= 0.3 is 0 Å². The van der Waals surface area contributed by atoms with Crippen molar-refractivity contribution in [1.82, 2.24) is 25.1 Å². The number of rotatable bonds is 6. The van der Waals surface area contributed by atoms with Crippen molar-refractivity contribution >= 4 is 35.8 Å². The molecule has 0 bridgehead atoms. The van der Waals surface area contributed by atoms with Gasteiger partial charge in [0, 0.05) is 44.0 Å². The number of nitrogens with zero attached hydrogens (tertiary/aromatic N) is 4. The Bertz CT molecular complexity index is 878. The molecule has 1 aliphatic carbocycles. The fraction of sp³-hybridized carbons (Fsp3) is 0.542. The number of benzene rings is 1. The second kappa shape index (κ2) is 12.2. The first-order valence-electron chi connectivity index (χ1n) is 11.6. The largest absolute Gasteiger partial charge is 0.357 e. The summed E-state index contributed by atoms with van der Waals surface area (Å²) in [6.07, 6.45) is 12.3. The molecule has 2 aliphatic rings. The number of amides is 1. The van der Waals surface area contributed by atoms with Gasteiger partial charge in [0.25, 0.3) is 0 Å². The van der Waals surface area contributed by atoms with Crippen LogP contribution in [0.1, 0.15) is 51.0 Å². The number of imidazole rings is 1. The molecule has 1 amide bonds. The van der Waals surface area contributed by atoms with Gasteiger partial charge in [-0.3, -0.25) is 4.79 Å². The molecule has 1 saturated carbocycles. The van der Waals surface area contributed by atoms with Gasteiger partial charge in [-0.15, -0.1) is 24.0 Å². The molecule has 2 fully saturated rings. The van der Waals surface area contributed by atoms with Gasteiger partial charge in [-0.1, -0.05) is 37.5 Å². The molecule has 8 heteroatoms. The Morgan fingerprint density at radius 3 is 2.75 bits per heavy atom. The maximum atomic E-state index is 12.9. The second-order valence-electron chi connectivity index (χ2n) is 8.54. The van der Waals surface area contributed by atoms with Gasteiger partial charge in [0.05, 0.1) is 18.6 Å². The highest BCUT2D eigenvalue weighted by atomic mass is 127. The van der Waals surface area contributed by atoms with Crippen LogP contribution in [-0.2, 0) is 11.3 Å². The summed E-state index contributed by atoms with van der Waals surface area (Å²) in [7, 11) is 0. The van der Waals surface area contributed by atoms with E-state index < -0.39 is 0 Å². The minimum atomic E-state index is 0. The molecule has 1 unspecified atom stereocenters. The van der Waals surface area contributed by atoms with Gasteiger partial charge in [-0.25, -0.2) is 9.98 Å². The van der Waals surface area contributed by atoms with E-state index in [1.807, 2.05) is 29.2 Å². The van der Waals surface area contributed by atoms with E-state index in [0.29, 0.717) is 12.5 Å². The molecule has 1 saturated heterocycles. The van der Waals surface area contributed by atoms with Gasteiger partial charge in [0.2, 0.25) is 5.91 Å². The first kappa shape index (κ1) is 24.5. The minimum absolute atomic E-state index is 0.